The van der Waals surface area contributed by atoms with Crippen LogP contribution in [0.15, 0.2) is 77.3 Å². The first-order valence-corrected chi connectivity index (χ1v) is 12.2. The molecule has 1 aliphatic heterocycles. The zero-order valence-electron chi connectivity index (χ0n) is 21.0. The molecular weight excluding hydrogens is 466 g/mol. The van der Waals surface area contributed by atoms with Gasteiger partial charge in [-0.25, -0.2) is 10.1 Å². The van der Waals surface area contributed by atoms with Crippen molar-refractivity contribution >= 4 is 40.8 Å². The molecule has 0 aromatic heterocycles. The molecule has 3 aromatic carbocycles. The lowest BCUT2D eigenvalue weighted by Gasteiger charge is -2.22. The van der Waals surface area contributed by atoms with Crippen molar-refractivity contribution in [3.8, 4) is 0 Å². The van der Waals surface area contributed by atoms with E-state index in [1.807, 2.05) is 50.2 Å². The number of anilines is 2. The smallest absolute Gasteiger partial charge is 0.273 e. The predicted octanol–water partition coefficient (Wildman–Crippen LogP) is 4.98. The number of hydrogen-bond acceptors (Lipinski definition) is 6. The molecule has 0 fully saturated rings. The molecular formula is C29H31N5O3. The van der Waals surface area contributed by atoms with Crippen LogP contribution in [0.1, 0.15) is 46.8 Å². The van der Waals surface area contributed by atoms with Crippen molar-refractivity contribution in [3.63, 3.8) is 0 Å². The largest absolute Gasteiger partial charge is 0.399 e. The maximum atomic E-state index is 13.4. The third-order valence-corrected chi connectivity index (χ3v) is 5.83. The van der Waals surface area contributed by atoms with Crippen molar-refractivity contribution in [1.29, 1.82) is 0 Å². The molecule has 0 saturated carbocycles. The fraction of sp³-hybridized carbons (Fsp3) is 0.207. The van der Waals surface area contributed by atoms with Gasteiger partial charge >= 0.3 is 0 Å². The molecule has 0 spiro atoms. The second-order valence-electron chi connectivity index (χ2n) is 8.97. The summed E-state index contributed by atoms with van der Waals surface area (Å²) in [6.07, 6.45) is 2.66. The third kappa shape index (κ3) is 6.62. The zero-order valence-corrected chi connectivity index (χ0v) is 21.0. The molecule has 1 heterocycles. The van der Waals surface area contributed by atoms with Crippen molar-refractivity contribution in [1.82, 2.24) is 5.06 Å². The number of amides is 2. The average Bonchev–Trinajstić information content (AvgIpc) is 3.04. The number of aryl methyl sites for hydroxylation is 1. The monoisotopic (exact) mass is 497 g/mol. The Balaban J connectivity index is 1.53. The summed E-state index contributed by atoms with van der Waals surface area (Å²) in [6.45, 7) is 4.60. The van der Waals surface area contributed by atoms with Crippen LogP contribution in [0.2, 0.25) is 0 Å². The molecule has 0 bridgehead atoms. The minimum Gasteiger partial charge on any atom is -0.399 e. The number of fused-ring (bicyclic) bond motifs is 1. The maximum Gasteiger partial charge on any atom is 0.273 e. The van der Waals surface area contributed by atoms with Crippen LogP contribution in [0.5, 0.6) is 0 Å². The number of amidine groups is 1. The fourth-order valence-electron chi connectivity index (χ4n) is 3.95. The number of aliphatic imine (C=N–C) groups is 1. The standard InChI is InChI=1S/C29H31N5O3/c1-3-13-34(37-18-20-7-11-24(30)12-8-20)29(36)23-15-21-9-10-22(16-26(21)33-27(31)17-23)28(35)32-25-6-4-5-19(2)14-25/h4-12,14-16H,3,13,17-18,30H2,1-2H3,(H2,31,33)(H,32,35). The maximum absolute atomic E-state index is 13.4. The highest BCUT2D eigenvalue weighted by Crippen LogP contribution is 2.29. The SMILES string of the molecule is CCCN(OCc1ccc(N)cc1)C(=O)C1=Cc2ccc(C(=O)Nc3cccc(C)c3)cc2N=C(N)C1. The molecule has 2 amide bonds. The normalized spacial score (nSPS) is 12.6. The highest BCUT2D eigenvalue weighted by molar-refractivity contribution is 6.07. The Kier molecular flexibility index (Phi) is 8.00. The summed E-state index contributed by atoms with van der Waals surface area (Å²) in [6, 6.07) is 20.1. The molecule has 0 aliphatic carbocycles. The molecule has 5 N–H and O–H groups in total. The van der Waals surface area contributed by atoms with E-state index in [0.717, 1.165) is 17.5 Å². The summed E-state index contributed by atoms with van der Waals surface area (Å²) in [5.74, 6) is -0.244. The Hall–Kier alpha value is -4.43. The number of nitrogens with one attached hydrogen (secondary N) is 1. The van der Waals surface area contributed by atoms with Crippen LogP contribution in [-0.2, 0) is 16.2 Å². The molecule has 0 saturated heterocycles. The van der Waals surface area contributed by atoms with E-state index in [2.05, 4.69) is 10.3 Å². The number of rotatable bonds is 8. The minimum atomic E-state index is -0.274. The Labute approximate surface area is 216 Å². The Morgan fingerprint density at radius 3 is 2.57 bits per heavy atom. The van der Waals surface area contributed by atoms with Crippen molar-refractivity contribution in [3.05, 3.63) is 94.6 Å². The molecule has 0 atom stereocenters. The van der Waals surface area contributed by atoms with Crippen LogP contribution >= 0.6 is 0 Å². The summed E-state index contributed by atoms with van der Waals surface area (Å²) < 4.78 is 0. The number of hydrogen-bond donors (Lipinski definition) is 3. The average molecular weight is 498 g/mol. The molecule has 3 aromatic rings. The summed E-state index contributed by atoms with van der Waals surface area (Å²) in [5.41, 5.74) is 17.4. The number of carbonyl (C=O) groups is 2. The molecule has 4 rings (SSSR count). The fourth-order valence-corrected chi connectivity index (χ4v) is 3.95. The molecule has 0 unspecified atom stereocenters. The topological polar surface area (TPSA) is 123 Å². The molecule has 190 valence electrons. The predicted molar refractivity (Wildman–Crippen MR) is 147 cm³/mol. The van der Waals surface area contributed by atoms with Crippen LogP contribution in [0.4, 0.5) is 17.1 Å². The summed E-state index contributed by atoms with van der Waals surface area (Å²) >= 11 is 0. The lowest BCUT2D eigenvalue weighted by molar-refractivity contribution is -0.187. The van der Waals surface area contributed by atoms with Gasteiger partial charge in [-0.15, -0.1) is 0 Å². The minimum absolute atomic E-state index is 0.170. The van der Waals surface area contributed by atoms with E-state index in [1.165, 1.54) is 5.06 Å². The number of nitrogens with zero attached hydrogens (tertiary/aromatic N) is 2. The van der Waals surface area contributed by atoms with Gasteiger partial charge in [0.1, 0.15) is 12.4 Å². The number of hydroxylamine groups is 2. The van der Waals surface area contributed by atoms with E-state index in [0.29, 0.717) is 40.3 Å². The van der Waals surface area contributed by atoms with Crippen LogP contribution in [0.25, 0.3) is 6.08 Å². The van der Waals surface area contributed by atoms with Crippen LogP contribution in [-0.4, -0.2) is 29.3 Å². The number of nitrogens with two attached hydrogens (primary N) is 2. The van der Waals surface area contributed by atoms with Gasteiger partial charge in [0.25, 0.3) is 11.8 Å². The second-order valence-corrected chi connectivity index (χ2v) is 8.97. The summed E-state index contributed by atoms with van der Waals surface area (Å²) in [4.78, 5) is 36.6. The van der Waals surface area contributed by atoms with E-state index in [-0.39, 0.29) is 30.7 Å². The van der Waals surface area contributed by atoms with Crippen molar-refractivity contribution in [2.45, 2.75) is 33.3 Å². The van der Waals surface area contributed by atoms with E-state index in [1.54, 1.807) is 36.4 Å². The summed E-state index contributed by atoms with van der Waals surface area (Å²) in [7, 11) is 0. The second kappa shape index (κ2) is 11.5. The van der Waals surface area contributed by atoms with E-state index in [4.69, 9.17) is 16.3 Å². The Morgan fingerprint density at radius 1 is 1.05 bits per heavy atom. The van der Waals surface area contributed by atoms with E-state index >= 15 is 0 Å². The number of nitrogen functional groups attached to an aromatic ring is 1. The molecule has 8 nitrogen and oxygen atoms in total. The van der Waals surface area contributed by atoms with Crippen LogP contribution < -0.4 is 16.8 Å². The van der Waals surface area contributed by atoms with Gasteiger partial charge in [0.2, 0.25) is 0 Å². The van der Waals surface area contributed by atoms with E-state index in [9.17, 15) is 9.59 Å². The van der Waals surface area contributed by atoms with Gasteiger partial charge in [0.05, 0.1) is 5.69 Å². The molecule has 8 heteroatoms. The van der Waals surface area contributed by atoms with Gasteiger partial charge in [-0.1, -0.05) is 37.3 Å². The molecule has 0 radical (unpaired) electrons. The van der Waals surface area contributed by atoms with Gasteiger partial charge in [-0.3, -0.25) is 14.4 Å². The van der Waals surface area contributed by atoms with Crippen molar-refractivity contribution in [2.75, 3.05) is 17.6 Å². The summed E-state index contributed by atoms with van der Waals surface area (Å²) in [5, 5.41) is 4.27. The van der Waals surface area contributed by atoms with Gasteiger partial charge in [-0.2, -0.15) is 0 Å². The van der Waals surface area contributed by atoms with Crippen LogP contribution in [0, 0.1) is 6.92 Å². The highest BCUT2D eigenvalue weighted by Gasteiger charge is 2.23. The quantitative estimate of drug-likeness (QED) is 0.299. The highest BCUT2D eigenvalue weighted by atomic mass is 16.7. The molecule has 37 heavy (non-hydrogen) atoms. The lowest BCUT2D eigenvalue weighted by Crippen LogP contribution is -2.34. The molecule has 1 aliphatic rings. The first-order valence-electron chi connectivity index (χ1n) is 12.2. The third-order valence-electron chi connectivity index (χ3n) is 5.83. The first kappa shape index (κ1) is 25.7. The van der Waals surface area contributed by atoms with Gasteiger partial charge < -0.3 is 16.8 Å². The Bertz CT molecular complexity index is 1360. The zero-order chi connectivity index (χ0) is 26.4. The van der Waals surface area contributed by atoms with Crippen molar-refractivity contribution in [2.24, 2.45) is 10.7 Å². The number of carbonyl (C=O) groups excluding carboxylic acids is 2. The van der Waals surface area contributed by atoms with Gasteiger partial charge in [0, 0.05) is 41.0 Å². The van der Waals surface area contributed by atoms with Crippen molar-refractivity contribution < 1.29 is 14.4 Å². The van der Waals surface area contributed by atoms with Gasteiger partial charge in [0.15, 0.2) is 0 Å². The van der Waals surface area contributed by atoms with Crippen LogP contribution in [0.3, 0.4) is 0 Å². The lowest BCUT2D eigenvalue weighted by atomic mass is 10.0. The number of benzene rings is 3. The van der Waals surface area contributed by atoms with E-state index < -0.39 is 0 Å². The van der Waals surface area contributed by atoms with Gasteiger partial charge in [-0.05, 0) is 66.9 Å². The Morgan fingerprint density at radius 2 is 1.84 bits per heavy atom. The first-order chi connectivity index (χ1) is 17.8.